The van der Waals surface area contributed by atoms with Crippen molar-refractivity contribution in [3.63, 3.8) is 0 Å². The molecule has 0 unspecified atom stereocenters. The maximum Gasteiger partial charge on any atom is 0.240 e. The molecule has 0 bridgehead atoms. The minimum Gasteiger partial charge on any atom is -0.312 e. The number of fused-ring (bicyclic) bond motifs is 1. The van der Waals surface area contributed by atoms with Gasteiger partial charge in [0.1, 0.15) is 0 Å². The lowest BCUT2D eigenvalue weighted by molar-refractivity contribution is -0.116. The Balaban J connectivity index is 1.82. The number of aromatic amines is 1. The Hall–Kier alpha value is -2.19. The van der Waals surface area contributed by atoms with E-state index in [2.05, 4.69) is 14.9 Å². The van der Waals surface area contributed by atoms with Gasteiger partial charge in [-0.05, 0) is 44.0 Å². The van der Waals surface area contributed by atoms with Crippen LogP contribution in [0.2, 0.25) is 0 Å². The highest BCUT2D eigenvalue weighted by atomic mass is 32.2. The summed E-state index contributed by atoms with van der Waals surface area (Å²) in [4.78, 5) is 13.5. The monoisotopic (exact) mass is 348 g/mol. The molecule has 1 aromatic carbocycles. The Kier molecular flexibility index (Phi) is 4.18. The van der Waals surface area contributed by atoms with E-state index in [0.717, 1.165) is 28.2 Å². The molecule has 0 radical (unpaired) electrons. The molecular weight excluding hydrogens is 328 g/mol. The second-order valence-corrected chi connectivity index (χ2v) is 7.72. The summed E-state index contributed by atoms with van der Waals surface area (Å²) in [7, 11) is -3.62. The molecule has 2 heterocycles. The number of anilines is 1. The van der Waals surface area contributed by atoms with Gasteiger partial charge in [-0.1, -0.05) is 0 Å². The fourth-order valence-corrected chi connectivity index (χ4v) is 4.00. The van der Waals surface area contributed by atoms with Gasteiger partial charge in [0.25, 0.3) is 0 Å². The highest BCUT2D eigenvalue weighted by Gasteiger charge is 2.25. The van der Waals surface area contributed by atoms with Crippen molar-refractivity contribution in [1.82, 2.24) is 14.9 Å². The van der Waals surface area contributed by atoms with Gasteiger partial charge in [0.15, 0.2) is 0 Å². The number of amides is 1. The number of carbonyl (C=O) groups excluding carboxylic acids is 1. The SMILES string of the molecule is CC(=O)N1CCc2cc(S(=O)(=O)NCc3c(C)n[nH]c3C)ccc21. The Labute approximate surface area is 141 Å². The molecule has 2 aromatic rings. The molecule has 1 aliphatic heterocycles. The molecule has 1 aromatic heterocycles. The minimum atomic E-state index is -3.62. The number of aryl methyl sites for hydroxylation is 2. The van der Waals surface area contributed by atoms with Crippen LogP contribution in [0.25, 0.3) is 0 Å². The second-order valence-electron chi connectivity index (χ2n) is 5.95. The highest BCUT2D eigenvalue weighted by Crippen LogP contribution is 2.30. The van der Waals surface area contributed by atoms with Crippen LogP contribution < -0.4 is 9.62 Å². The molecule has 0 spiro atoms. The summed E-state index contributed by atoms with van der Waals surface area (Å²) in [6, 6.07) is 4.89. The fourth-order valence-electron chi connectivity index (χ4n) is 2.96. The summed E-state index contributed by atoms with van der Waals surface area (Å²) in [5, 5.41) is 6.90. The number of rotatable bonds is 4. The number of nitrogens with zero attached hydrogens (tertiary/aromatic N) is 2. The number of hydrogen-bond donors (Lipinski definition) is 2. The number of hydrogen-bond acceptors (Lipinski definition) is 4. The standard InChI is InChI=1S/C16H20N4O3S/c1-10-15(11(2)19-18-10)9-17-24(22,23)14-4-5-16-13(8-14)6-7-20(16)12(3)21/h4-5,8,17H,6-7,9H2,1-3H3,(H,18,19). The smallest absolute Gasteiger partial charge is 0.240 e. The van der Waals surface area contributed by atoms with E-state index in [9.17, 15) is 13.2 Å². The molecule has 0 saturated carbocycles. The normalized spacial score (nSPS) is 14.0. The van der Waals surface area contributed by atoms with Crippen molar-refractivity contribution in [2.45, 2.75) is 38.6 Å². The molecule has 1 aliphatic rings. The number of carbonyl (C=O) groups is 1. The summed E-state index contributed by atoms with van der Waals surface area (Å²) in [6.07, 6.45) is 0.665. The third-order valence-corrected chi connectivity index (χ3v) is 5.76. The van der Waals surface area contributed by atoms with E-state index in [4.69, 9.17) is 0 Å². The Morgan fingerprint density at radius 1 is 1.38 bits per heavy atom. The van der Waals surface area contributed by atoms with Crippen molar-refractivity contribution in [1.29, 1.82) is 0 Å². The Morgan fingerprint density at radius 2 is 2.12 bits per heavy atom. The number of aromatic nitrogens is 2. The average Bonchev–Trinajstić information content (AvgIpc) is 3.08. The van der Waals surface area contributed by atoms with Crippen LogP contribution in [0.4, 0.5) is 5.69 Å². The van der Waals surface area contributed by atoms with Crippen LogP contribution in [0, 0.1) is 13.8 Å². The van der Waals surface area contributed by atoms with Crippen LogP contribution in [-0.2, 0) is 27.8 Å². The molecule has 8 heteroatoms. The quantitative estimate of drug-likeness (QED) is 0.873. The number of nitrogens with one attached hydrogen (secondary N) is 2. The zero-order valence-corrected chi connectivity index (χ0v) is 14.7. The van der Waals surface area contributed by atoms with E-state index in [-0.39, 0.29) is 17.3 Å². The molecule has 24 heavy (non-hydrogen) atoms. The van der Waals surface area contributed by atoms with Crippen molar-refractivity contribution < 1.29 is 13.2 Å². The predicted octanol–water partition coefficient (Wildman–Crippen LogP) is 1.41. The zero-order valence-electron chi connectivity index (χ0n) is 13.9. The van der Waals surface area contributed by atoms with Gasteiger partial charge in [-0.3, -0.25) is 9.89 Å². The summed E-state index contributed by atoms with van der Waals surface area (Å²) >= 11 is 0. The molecule has 2 N–H and O–H groups in total. The molecule has 0 fully saturated rings. The third kappa shape index (κ3) is 2.94. The lowest BCUT2D eigenvalue weighted by atomic mass is 10.2. The van der Waals surface area contributed by atoms with Crippen LogP contribution >= 0.6 is 0 Å². The van der Waals surface area contributed by atoms with Crippen molar-refractivity contribution in [2.24, 2.45) is 0 Å². The van der Waals surface area contributed by atoms with Gasteiger partial charge in [-0.15, -0.1) is 0 Å². The molecule has 0 saturated heterocycles. The van der Waals surface area contributed by atoms with Crippen molar-refractivity contribution >= 4 is 21.6 Å². The topological polar surface area (TPSA) is 95.2 Å². The average molecular weight is 348 g/mol. The van der Waals surface area contributed by atoms with Gasteiger partial charge in [0.2, 0.25) is 15.9 Å². The predicted molar refractivity (Wildman–Crippen MR) is 90.3 cm³/mol. The fraction of sp³-hybridized carbons (Fsp3) is 0.375. The van der Waals surface area contributed by atoms with Gasteiger partial charge in [0.05, 0.1) is 10.6 Å². The zero-order chi connectivity index (χ0) is 17.5. The van der Waals surface area contributed by atoms with Crippen molar-refractivity contribution in [3.05, 3.63) is 40.7 Å². The molecule has 1 amide bonds. The van der Waals surface area contributed by atoms with E-state index < -0.39 is 10.0 Å². The first-order chi connectivity index (χ1) is 11.3. The summed E-state index contributed by atoms with van der Waals surface area (Å²) in [5.41, 5.74) is 4.15. The van der Waals surface area contributed by atoms with E-state index in [1.165, 1.54) is 13.0 Å². The summed E-state index contributed by atoms with van der Waals surface area (Å²) in [6.45, 7) is 5.98. The second kappa shape index (κ2) is 6.03. The van der Waals surface area contributed by atoms with Gasteiger partial charge in [0, 0.05) is 37.0 Å². The Bertz CT molecular complexity index is 883. The molecule has 0 aliphatic carbocycles. The van der Waals surface area contributed by atoms with Crippen LogP contribution in [-0.4, -0.2) is 31.1 Å². The maximum absolute atomic E-state index is 12.5. The molecule has 7 nitrogen and oxygen atoms in total. The first kappa shape index (κ1) is 16.7. The van der Waals surface area contributed by atoms with Gasteiger partial charge in [-0.2, -0.15) is 5.10 Å². The van der Waals surface area contributed by atoms with E-state index in [0.29, 0.717) is 13.0 Å². The van der Waals surface area contributed by atoms with Crippen LogP contribution in [0.3, 0.4) is 0 Å². The number of sulfonamides is 1. The van der Waals surface area contributed by atoms with E-state index in [1.54, 1.807) is 17.0 Å². The molecular formula is C16H20N4O3S. The van der Waals surface area contributed by atoms with E-state index in [1.807, 2.05) is 13.8 Å². The number of benzene rings is 1. The van der Waals surface area contributed by atoms with Crippen molar-refractivity contribution in [2.75, 3.05) is 11.4 Å². The lowest BCUT2D eigenvalue weighted by Crippen LogP contribution is -2.26. The van der Waals surface area contributed by atoms with E-state index >= 15 is 0 Å². The molecule has 128 valence electrons. The maximum atomic E-state index is 12.5. The number of H-pyrrole nitrogens is 1. The first-order valence-corrected chi connectivity index (χ1v) is 9.19. The molecule has 0 atom stereocenters. The van der Waals surface area contributed by atoms with Crippen LogP contribution in [0.5, 0.6) is 0 Å². The lowest BCUT2D eigenvalue weighted by Gasteiger charge is -2.15. The van der Waals surface area contributed by atoms with Crippen LogP contribution in [0.1, 0.15) is 29.4 Å². The Morgan fingerprint density at radius 3 is 2.75 bits per heavy atom. The third-order valence-electron chi connectivity index (χ3n) is 4.36. The largest absolute Gasteiger partial charge is 0.312 e. The highest BCUT2D eigenvalue weighted by molar-refractivity contribution is 7.89. The van der Waals surface area contributed by atoms with Gasteiger partial charge < -0.3 is 4.90 Å². The summed E-state index contributed by atoms with van der Waals surface area (Å²) < 4.78 is 27.7. The van der Waals surface area contributed by atoms with Crippen LogP contribution in [0.15, 0.2) is 23.1 Å². The summed E-state index contributed by atoms with van der Waals surface area (Å²) in [5.74, 6) is -0.0339. The molecule has 3 rings (SSSR count). The van der Waals surface area contributed by atoms with Gasteiger partial charge in [-0.25, -0.2) is 13.1 Å². The minimum absolute atomic E-state index is 0.0339. The first-order valence-electron chi connectivity index (χ1n) is 7.71. The van der Waals surface area contributed by atoms with Crippen molar-refractivity contribution in [3.8, 4) is 0 Å². The van der Waals surface area contributed by atoms with Gasteiger partial charge >= 0.3 is 0 Å².